The van der Waals surface area contributed by atoms with Gasteiger partial charge in [-0.25, -0.2) is 0 Å². The summed E-state index contributed by atoms with van der Waals surface area (Å²) in [4.78, 5) is 13.2. The van der Waals surface area contributed by atoms with Crippen LogP contribution >= 0.6 is 0 Å². The molecule has 1 unspecified atom stereocenters. The normalized spacial score (nSPS) is 12.3. The van der Waals surface area contributed by atoms with Crippen LogP contribution < -0.4 is 5.73 Å². The maximum absolute atomic E-state index is 11.7. The molecule has 1 rings (SSSR count). The molecule has 0 aliphatic rings. The Hall–Kier alpha value is -1.39. The molecule has 94 valence electrons. The summed E-state index contributed by atoms with van der Waals surface area (Å²) in [6.45, 7) is 4.28. The minimum absolute atomic E-state index is 0.245. The van der Waals surface area contributed by atoms with Crippen molar-refractivity contribution in [2.45, 2.75) is 26.4 Å². The van der Waals surface area contributed by atoms with Crippen molar-refractivity contribution in [3.63, 3.8) is 0 Å². The minimum atomic E-state index is -0.827. The van der Waals surface area contributed by atoms with Gasteiger partial charge in [0, 0.05) is 13.6 Å². The average Bonchev–Trinajstić information content (AvgIpc) is 2.31. The third kappa shape index (κ3) is 3.54. The molecule has 1 amide bonds. The van der Waals surface area contributed by atoms with Crippen molar-refractivity contribution in [1.82, 2.24) is 4.90 Å². The molecular weight excluding hydrogens is 216 g/mol. The van der Waals surface area contributed by atoms with Crippen molar-refractivity contribution in [2.75, 3.05) is 13.7 Å². The number of carbonyl (C=O) groups is 1. The zero-order chi connectivity index (χ0) is 13.0. The maximum atomic E-state index is 11.7. The molecule has 0 saturated heterocycles. The van der Waals surface area contributed by atoms with Gasteiger partial charge in [0.2, 0.25) is 5.91 Å². The highest BCUT2D eigenvalue weighted by molar-refractivity contribution is 5.81. The largest absolute Gasteiger partial charge is 0.394 e. The molecule has 0 radical (unpaired) electrons. The second-order valence-corrected chi connectivity index (χ2v) is 4.40. The molecule has 0 aromatic heterocycles. The monoisotopic (exact) mass is 236 g/mol. The van der Waals surface area contributed by atoms with E-state index in [4.69, 9.17) is 10.8 Å². The number of likely N-dealkylation sites (N-methyl/N-ethyl adjacent to an activating group) is 1. The Morgan fingerprint density at radius 1 is 1.41 bits per heavy atom. The van der Waals surface area contributed by atoms with E-state index in [9.17, 15) is 4.79 Å². The first-order valence-electron chi connectivity index (χ1n) is 5.63. The van der Waals surface area contributed by atoms with Gasteiger partial charge >= 0.3 is 0 Å². The lowest BCUT2D eigenvalue weighted by Crippen LogP contribution is -2.43. The van der Waals surface area contributed by atoms with Crippen LogP contribution in [0.3, 0.4) is 0 Å². The van der Waals surface area contributed by atoms with Gasteiger partial charge < -0.3 is 15.7 Å². The van der Waals surface area contributed by atoms with Crippen molar-refractivity contribution in [3.05, 3.63) is 34.9 Å². The van der Waals surface area contributed by atoms with E-state index in [2.05, 4.69) is 13.0 Å². The number of carbonyl (C=O) groups excluding carboxylic acids is 1. The molecule has 4 heteroatoms. The number of nitrogens with zero attached hydrogens (tertiary/aromatic N) is 1. The highest BCUT2D eigenvalue weighted by Crippen LogP contribution is 2.11. The average molecular weight is 236 g/mol. The molecule has 4 nitrogen and oxygen atoms in total. The van der Waals surface area contributed by atoms with Crippen LogP contribution in [0.4, 0.5) is 0 Å². The molecule has 0 fully saturated rings. The Kier molecular flexibility index (Phi) is 4.66. The first kappa shape index (κ1) is 13.7. The van der Waals surface area contributed by atoms with Crippen LogP contribution in [0.15, 0.2) is 18.2 Å². The number of aliphatic hydroxyl groups excluding tert-OH is 1. The van der Waals surface area contributed by atoms with Gasteiger partial charge in [-0.15, -0.1) is 0 Å². The fourth-order valence-electron chi connectivity index (χ4n) is 1.61. The number of aryl methyl sites for hydroxylation is 2. The second kappa shape index (κ2) is 5.80. The molecule has 0 heterocycles. The third-order valence-corrected chi connectivity index (χ3v) is 2.88. The van der Waals surface area contributed by atoms with Crippen LogP contribution in [-0.2, 0) is 11.3 Å². The van der Waals surface area contributed by atoms with E-state index < -0.39 is 6.04 Å². The molecule has 1 aromatic rings. The summed E-state index contributed by atoms with van der Waals surface area (Å²) in [6.07, 6.45) is 0. The molecule has 0 aliphatic heterocycles. The summed E-state index contributed by atoms with van der Waals surface area (Å²) in [5, 5.41) is 8.83. The van der Waals surface area contributed by atoms with Gasteiger partial charge in [0.25, 0.3) is 0 Å². The second-order valence-electron chi connectivity index (χ2n) is 4.40. The predicted molar refractivity (Wildman–Crippen MR) is 67.5 cm³/mol. The van der Waals surface area contributed by atoms with Crippen molar-refractivity contribution in [3.8, 4) is 0 Å². The van der Waals surface area contributed by atoms with Gasteiger partial charge in [-0.1, -0.05) is 18.2 Å². The quantitative estimate of drug-likeness (QED) is 0.803. The van der Waals surface area contributed by atoms with E-state index in [0.29, 0.717) is 6.54 Å². The first-order valence-corrected chi connectivity index (χ1v) is 5.63. The Morgan fingerprint density at radius 3 is 2.59 bits per heavy atom. The Labute approximate surface area is 102 Å². The van der Waals surface area contributed by atoms with Crippen LogP contribution in [0.25, 0.3) is 0 Å². The van der Waals surface area contributed by atoms with E-state index in [0.717, 1.165) is 5.56 Å². The summed E-state index contributed by atoms with van der Waals surface area (Å²) in [5.74, 6) is -0.245. The van der Waals surface area contributed by atoms with E-state index in [1.54, 1.807) is 7.05 Å². The molecular formula is C13H20N2O2. The van der Waals surface area contributed by atoms with Crippen LogP contribution in [0.1, 0.15) is 16.7 Å². The molecule has 1 aromatic carbocycles. The zero-order valence-corrected chi connectivity index (χ0v) is 10.6. The number of hydrogen-bond acceptors (Lipinski definition) is 3. The molecule has 3 N–H and O–H groups in total. The van der Waals surface area contributed by atoms with E-state index in [-0.39, 0.29) is 12.5 Å². The van der Waals surface area contributed by atoms with Crippen molar-refractivity contribution in [2.24, 2.45) is 5.73 Å². The smallest absolute Gasteiger partial charge is 0.241 e. The standard InChI is InChI=1S/C13H20N2O2/c1-9-4-5-11(6-10(9)2)7-15(3)13(17)12(14)8-16/h4-6,12,16H,7-8,14H2,1-3H3. The third-order valence-electron chi connectivity index (χ3n) is 2.88. The Balaban J connectivity index is 2.71. The first-order chi connectivity index (χ1) is 7.95. The molecule has 0 spiro atoms. The topological polar surface area (TPSA) is 66.6 Å². The molecule has 0 bridgehead atoms. The molecule has 1 atom stereocenters. The summed E-state index contributed by atoms with van der Waals surface area (Å²) < 4.78 is 0. The van der Waals surface area contributed by atoms with Crippen LogP contribution in [-0.4, -0.2) is 35.6 Å². The van der Waals surface area contributed by atoms with Gasteiger partial charge in [0.15, 0.2) is 0 Å². The number of aliphatic hydroxyl groups is 1. The van der Waals surface area contributed by atoms with Gasteiger partial charge in [-0.05, 0) is 30.5 Å². The summed E-state index contributed by atoms with van der Waals surface area (Å²) >= 11 is 0. The summed E-state index contributed by atoms with van der Waals surface area (Å²) in [7, 11) is 1.69. The van der Waals surface area contributed by atoms with Gasteiger partial charge in [-0.3, -0.25) is 4.79 Å². The van der Waals surface area contributed by atoms with E-state index >= 15 is 0 Å². The van der Waals surface area contributed by atoms with Gasteiger partial charge in [0.1, 0.15) is 6.04 Å². The zero-order valence-electron chi connectivity index (χ0n) is 10.6. The predicted octanol–water partition coefficient (Wildman–Crippen LogP) is 0.581. The number of amides is 1. The molecule has 17 heavy (non-hydrogen) atoms. The van der Waals surface area contributed by atoms with Gasteiger partial charge in [-0.2, -0.15) is 0 Å². The van der Waals surface area contributed by atoms with Crippen molar-refractivity contribution < 1.29 is 9.90 Å². The summed E-state index contributed by atoms with van der Waals surface area (Å²) in [6, 6.07) is 5.27. The lowest BCUT2D eigenvalue weighted by molar-refractivity contribution is -0.132. The fourth-order valence-corrected chi connectivity index (χ4v) is 1.61. The van der Waals surface area contributed by atoms with E-state index in [1.165, 1.54) is 16.0 Å². The lowest BCUT2D eigenvalue weighted by atomic mass is 10.1. The summed E-state index contributed by atoms with van der Waals surface area (Å²) in [5.41, 5.74) is 8.98. The van der Waals surface area contributed by atoms with Crippen LogP contribution in [0, 0.1) is 13.8 Å². The highest BCUT2D eigenvalue weighted by Gasteiger charge is 2.16. The number of benzene rings is 1. The SMILES string of the molecule is Cc1ccc(CN(C)C(=O)C(N)CO)cc1C. The number of nitrogens with two attached hydrogens (primary N) is 1. The van der Waals surface area contributed by atoms with Crippen molar-refractivity contribution in [1.29, 1.82) is 0 Å². The fraction of sp³-hybridized carbons (Fsp3) is 0.462. The number of rotatable bonds is 4. The van der Waals surface area contributed by atoms with Crippen LogP contribution in [0.2, 0.25) is 0 Å². The molecule has 0 saturated carbocycles. The lowest BCUT2D eigenvalue weighted by Gasteiger charge is -2.20. The van der Waals surface area contributed by atoms with Gasteiger partial charge in [0.05, 0.1) is 6.61 Å². The van der Waals surface area contributed by atoms with E-state index in [1.807, 2.05) is 19.1 Å². The minimum Gasteiger partial charge on any atom is -0.394 e. The Bertz CT molecular complexity index is 404. The Morgan fingerprint density at radius 2 is 2.06 bits per heavy atom. The maximum Gasteiger partial charge on any atom is 0.241 e. The number of hydrogen-bond donors (Lipinski definition) is 2. The molecule has 0 aliphatic carbocycles. The van der Waals surface area contributed by atoms with Crippen LogP contribution in [0.5, 0.6) is 0 Å². The van der Waals surface area contributed by atoms with Crippen molar-refractivity contribution >= 4 is 5.91 Å². The highest BCUT2D eigenvalue weighted by atomic mass is 16.3.